The van der Waals surface area contributed by atoms with Gasteiger partial charge in [0.2, 0.25) is 0 Å². The molecule has 37 heavy (non-hydrogen) atoms. The van der Waals surface area contributed by atoms with Gasteiger partial charge in [0.25, 0.3) is 0 Å². The average molecular weight is 679 g/mol. The first kappa shape index (κ1) is 30.0. The minimum absolute atomic E-state index is 0. The second kappa shape index (κ2) is 10.5. The zero-order chi connectivity index (χ0) is 26.6. The monoisotopic (exact) mass is 679 g/mol. The molecule has 2 saturated carbocycles. The molecule has 2 fully saturated rings. The molecule has 5 rings (SSSR count). The van der Waals surface area contributed by atoms with E-state index in [9.17, 15) is 10.2 Å². The molecule has 3 nitrogen and oxygen atoms in total. The van der Waals surface area contributed by atoms with Crippen LogP contribution in [0.1, 0.15) is 78.0 Å². The molecule has 3 aromatic rings. The van der Waals surface area contributed by atoms with E-state index in [0.29, 0.717) is 5.92 Å². The predicted molar refractivity (Wildman–Crippen MR) is 150 cm³/mol. The maximum atomic E-state index is 10.2. The standard InChI is InChI=1S/C21H22N.C12H22O2.Ir/c1-14-11-15(2)13-16(12-14)19-10-9-17-18(21(3,4)5)7-6-8-20(17)22-19;1-11(2)5-7-6-12(3,4)10(14)8(7)9(11)13;/h6-12H,1-5H3;7-10,13-14H,5-6H2,1-4H3;/q-1;;. The van der Waals surface area contributed by atoms with Crippen molar-refractivity contribution in [2.24, 2.45) is 22.7 Å². The Morgan fingerprint density at radius 3 is 2.00 bits per heavy atom. The number of aryl methyl sites for hydroxylation is 2. The van der Waals surface area contributed by atoms with Crippen molar-refractivity contribution in [1.82, 2.24) is 4.98 Å². The summed E-state index contributed by atoms with van der Waals surface area (Å²) in [7, 11) is 0. The van der Waals surface area contributed by atoms with Crippen molar-refractivity contribution in [2.75, 3.05) is 0 Å². The molecule has 0 aliphatic heterocycles. The van der Waals surface area contributed by atoms with E-state index >= 15 is 0 Å². The van der Waals surface area contributed by atoms with E-state index in [1.165, 1.54) is 16.5 Å². The van der Waals surface area contributed by atoms with Crippen LogP contribution >= 0.6 is 0 Å². The van der Waals surface area contributed by atoms with Crippen LogP contribution in [0.5, 0.6) is 0 Å². The molecule has 0 amide bonds. The van der Waals surface area contributed by atoms with Crippen LogP contribution in [0.3, 0.4) is 0 Å². The third kappa shape index (κ3) is 6.04. The van der Waals surface area contributed by atoms with Gasteiger partial charge in [0.05, 0.1) is 17.7 Å². The molecule has 4 heteroatoms. The van der Waals surface area contributed by atoms with Gasteiger partial charge >= 0.3 is 0 Å². The van der Waals surface area contributed by atoms with Crippen LogP contribution in [-0.4, -0.2) is 27.4 Å². The quantitative estimate of drug-likeness (QED) is 0.264. The van der Waals surface area contributed by atoms with Crippen molar-refractivity contribution in [1.29, 1.82) is 0 Å². The van der Waals surface area contributed by atoms with Gasteiger partial charge in [0.1, 0.15) is 0 Å². The Labute approximate surface area is 237 Å². The fraction of sp³-hybridized carbons (Fsp3) is 0.545. The molecule has 2 aromatic carbocycles. The van der Waals surface area contributed by atoms with Crippen molar-refractivity contribution >= 4 is 10.9 Å². The second-order valence-electron chi connectivity index (χ2n) is 13.7. The van der Waals surface area contributed by atoms with Crippen molar-refractivity contribution in [3.63, 3.8) is 0 Å². The summed E-state index contributed by atoms with van der Waals surface area (Å²) in [5.41, 5.74) is 6.96. The topological polar surface area (TPSA) is 53.4 Å². The fourth-order valence-corrected chi connectivity index (χ4v) is 6.66. The number of fused-ring (bicyclic) bond motifs is 2. The van der Waals surface area contributed by atoms with E-state index in [4.69, 9.17) is 4.98 Å². The molecule has 2 aliphatic carbocycles. The zero-order valence-electron chi connectivity index (χ0n) is 23.9. The van der Waals surface area contributed by atoms with E-state index in [-0.39, 0.29) is 54.5 Å². The molecule has 203 valence electrons. The van der Waals surface area contributed by atoms with Gasteiger partial charge in [-0.15, -0.1) is 34.9 Å². The fourth-order valence-electron chi connectivity index (χ4n) is 6.66. The van der Waals surface area contributed by atoms with Gasteiger partial charge < -0.3 is 10.2 Å². The molecule has 1 radical (unpaired) electrons. The molecule has 2 N–H and O–H groups in total. The van der Waals surface area contributed by atoms with Gasteiger partial charge in [-0.1, -0.05) is 86.6 Å². The van der Waals surface area contributed by atoms with Crippen LogP contribution in [0, 0.1) is 42.6 Å². The Hall–Kier alpha value is -1.58. The molecular formula is C33H44IrNO2-. The Balaban J connectivity index is 0.000000220. The maximum absolute atomic E-state index is 10.2. The summed E-state index contributed by atoms with van der Waals surface area (Å²) in [6.07, 6.45) is 1.45. The largest absolute Gasteiger partial charge is 0.392 e. The van der Waals surface area contributed by atoms with Crippen molar-refractivity contribution in [3.8, 4) is 11.3 Å². The molecule has 2 aliphatic rings. The van der Waals surface area contributed by atoms with E-state index in [1.807, 2.05) is 0 Å². The van der Waals surface area contributed by atoms with Gasteiger partial charge in [-0.3, -0.25) is 4.98 Å². The summed E-state index contributed by atoms with van der Waals surface area (Å²) in [6.45, 7) is 19.4. The van der Waals surface area contributed by atoms with Crippen LogP contribution < -0.4 is 0 Å². The molecule has 1 heterocycles. The Morgan fingerprint density at radius 2 is 1.49 bits per heavy atom. The molecule has 0 spiro atoms. The van der Waals surface area contributed by atoms with Gasteiger partial charge in [0, 0.05) is 31.4 Å². The van der Waals surface area contributed by atoms with Gasteiger partial charge in [0.15, 0.2) is 0 Å². The first-order valence-electron chi connectivity index (χ1n) is 13.4. The number of hydrogen-bond acceptors (Lipinski definition) is 3. The first-order valence-corrected chi connectivity index (χ1v) is 13.4. The minimum Gasteiger partial charge on any atom is -0.392 e. The van der Waals surface area contributed by atoms with Crippen LogP contribution in [0.2, 0.25) is 0 Å². The number of nitrogens with zero attached hydrogens (tertiary/aromatic N) is 1. The van der Waals surface area contributed by atoms with E-state index in [2.05, 4.69) is 111 Å². The number of benzene rings is 2. The summed E-state index contributed by atoms with van der Waals surface area (Å²) in [4.78, 5) is 4.87. The van der Waals surface area contributed by atoms with E-state index < -0.39 is 0 Å². The molecule has 2 unspecified atom stereocenters. The summed E-state index contributed by atoms with van der Waals surface area (Å²) in [6, 6.07) is 18.4. The number of aliphatic hydroxyl groups is 2. The number of pyridine rings is 1. The van der Waals surface area contributed by atoms with Crippen molar-refractivity contribution in [2.45, 2.75) is 92.8 Å². The molecule has 0 bridgehead atoms. The van der Waals surface area contributed by atoms with Gasteiger partial charge in [-0.25, -0.2) is 0 Å². The molecule has 0 saturated heterocycles. The first-order chi connectivity index (χ1) is 16.6. The number of hydrogen-bond donors (Lipinski definition) is 2. The van der Waals surface area contributed by atoms with Crippen molar-refractivity contribution < 1.29 is 30.3 Å². The van der Waals surface area contributed by atoms with Crippen LogP contribution in [0.4, 0.5) is 0 Å². The molecule has 2 atom stereocenters. The number of rotatable bonds is 1. The predicted octanol–water partition coefficient (Wildman–Crippen LogP) is 7.41. The summed E-state index contributed by atoms with van der Waals surface area (Å²) in [5, 5.41) is 21.6. The van der Waals surface area contributed by atoms with Crippen LogP contribution in [0.25, 0.3) is 22.2 Å². The van der Waals surface area contributed by atoms with Crippen LogP contribution in [-0.2, 0) is 25.5 Å². The number of aromatic nitrogens is 1. The van der Waals surface area contributed by atoms with E-state index in [0.717, 1.165) is 35.2 Å². The zero-order valence-corrected chi connectivity index (χ0v) is 26.3. The Bertz CT molecular complexity index is 1210. The summed E-state index contributed by atoms with van der Waals surface area (Å²) in [5.74, 6) is 0.630. The van der Waals surface area contributed by atoms with Crippen molar-refractivity contribution in [3.05, 3.63) is 65.2 Å². The Kier molecular flexibility index (Phi) is 8.53. The average Bonchev–Trinajstić information content (AvgIpc) is 3.11. The number of aliphatic hydroxyl groups excluding tert-OH is 2. The normalized spacial score (nSPS) is 25.7. The Morgan fingerprint density at radius 1 is 0.892 bits per heavy atom. The maximum Gasteiger partial charge on any atom is 0.0646 e. The van der Waals surface area contributed by atoms with E-state index in [1.54, 1.807) is 0 Å². The molecular weight excluding hydrogens is 635 g/mol. The molecule has 1 aromatic heterocycles. The van der Waals surface area contributed by atoms with Gasteiger partial charge in [-0.05, 0) is 52.3 Å². The van der Waals surface area contributed by atoms with Gasteiger partial charge in [-0.2, -0.15) is 0 Å². The SMILES string of the molecule is CC1(C)CC2CC(C)(C)C(O)C2C1O.Cc1[c-]c(-c2ccc3c(C(C)(C)C)cccc3n2)cc(C)c1.[Ir]. The third-order valence-electron chi connectivity index (χ3n) is 8.42. The summed E-state index contributed by atoms with van der Waals surface area (Å²) >= 11 is 0. The second-order valence-corrected chi connectivity index (χ2v) is 13.7. The minimum atomic E-state index is -0.329. The smallest absolute Gasteiger partial charge is 0.0646 e. The third-order valence-corrected chi connectivity index (χ3v) is 8.42. The van der Waals surface area contributed by atoms with Crippen LogP contribution in [0.15, 0.2) is 42.5 Å². The summed E-state index contributed by atoms with van der Waals surface area (Å²) < 4.78 is 0.